The second-order valence-electron chi connectivity index (χ2n) is 8.92. The van der Waals surface area contributed by atoms with Crippen molar-refractivity contribution in [3.8, 4) is 0 Å². The monoisotopic (exact) mass is 422 g/mol. The Balaban J connectivity index is 1.27. The minimum Gasteiger partial charge on any atom is -0.381 e. The summed E-state index contributed by atoms with van der Waals surface area (Å²) in [5, 5.41) is 5.93. The Hall–Kier alpha value is -1.71. The highest BCUT2D eigenvalue weighted by atomic mass is 16.5. The van der Waals surface area contributed by atoms with E-state index in [9.17, 15) is 14.4 Å². The average Bonchev–Trinajstić information content (AvgIpc) is 3.36. The predicted octanol–water partition coefficient (Wildman–Crippen LogP) is 0.485. The summed E-state index contributed by atoms with van der Waals surface area (Å²) in [6.07, 6.45) is 5.54. The third-order valence-electron chi connectivity index (χ3n) is 7.05. The standard InChI is InChI=1S/C21H34N4O5/c26-18(4-8-25-19(27)21(23-20(25)28)6-2-1-3-7-21)22-14-17(16-5-11-30-15-16)24-9-12-29-13-10-24/h16-17H,1-15H2,(H,22,26)(H,23,28). The van der Waals surface area contributed by atoms with Crippen LogP contribution in [0.25, 0.3) is 0 Å². The maximum Gasteiger partial charge on any atom is 0.325 e. The number of carbonyl (C=O) groups is 3. The summed E-state index contributed by atoms with van der Waals surface area (Å²) in [5.41, 5.74) is -0.726. The van der Waals surface area contributed by atoms with Gasteiger partial charge in [0.15, 0.2) is 0 Å². The van der Waals surface area contributed by atoms with Crippen molar-refractivity contribution in [1.82, 2.24) is 20.4 Å². The number of hydrogen-bond acceptors (Lipinski definition) is 6. The molecule has 9 nitrogen and oxygen atoms in total. The van der Waals surface area contributed by atoms with Crippen LogP contribution in [0.1, 0.15) is 44.9 Å². The van der Waals surface area contributed by atoms with Crippen LogP contribution in [0, 0.1) is 5.92 Å². The maximum atomic E-state index is 12.8. The van der Waals surface area contributed by atoms with Gasteiger partial charge in [0.2, 0.25) is 5.91 Å². The van der Waals surface area contributed by atoms with Gasteiger partial charge in [-0.05, 0) is 19.3 Å². The van der Waals surface area contributed by atoms with E-state index in [1.54, 1.807) is 0 Å². The third-order valence-corrected chi connectivity index (χ3v) is 7.05. The van der Waals surface area contributed by atoms with Gasteiger partial charge in [0.05, 0.1) is 19.8 Å². The first-order valence-corrected chi connectivity index (χ1v) is 11.4. The van der Waals surface area contributed by atoms with Gasteiger partial charge in [-0.2, -0.15) is 0 Å². The first kappa shape index (κ1) is 21.5. The van der Waals surface area contributed by atoms with E-state index in [2.05, 4.69) is 15.5 Å². The Kier molecular flexibility index (Phi) is 6.90. The smallest absolute Gasteiger partial charge is 0.325 e. The molecule has 0 radical (unpaired) electrons. The van der Waals surface area contributed by atoms with E-state index in [1.807, 2.05) is 0 Å². The average molecular weight is 423 g/mol. The molecule has 1 aliphatic carbocycles. The van der Waals surface area contributed by atoms with Crippen LogP contribution < -0.4 is 10.6 Å². The molecule has 2 unspecified atom stereocenters. The fraction of sp³-hybridized carbons (Fsp3) is 0.857. The van der Waals surface area contributed by atoms with Crippen molar-refractivity contribution >= 4 is 17.8 Å². The van der Waals surface area contributed by atoms with Gasteiger partial charge in [0.25, 0.3) is 5.91 Å². The van der Waals surface area contributed by atoms with Gasteiger partial charge >= 0.3 is 6.03 Å². The summed E-state index contributed by atoms with van der Waals surface area (Å²) < 4.78 is 11.0. The van der Waals surface area contributed by atoms with Gasteiger partial charge in [0, 0.05) is 51.2 Å². The summed E-state index contributed by atoms with van der Waals surface area (Å²) >= 11 is 0. The molecule has 2 N–H and O–H groups in total. The number of ether oxygens (including phenoxy) is 2. The summed E-state index contributed by atoms with van der Waals surface area (Å²) in [6.45, 7) is 5.33. The lowest BCUT2D eigenvalue weighted by Gasteiger charge is -2.37. The van der Waals surface area contributed by atoms with Crippen molar-refractivity contribution in [2.45, 2.75) is 56.5 Å². The zero-order valence-corrected chi connectivity index (χ0v) is 17.7. The highest BCUT2D eigenvalue weighted by Crippen LogP contribution is 2.33. The molecule has 0 bridgehead atoms. The zero-order valence-electron chi connectivity index (χ0n) is 17.7. The lowest BCUT2D eigenvalue weighted by molar-refractivity contribution is -0.132. The highest BCUT2D eigenvalue weighted by Gasteiger charge is 2.51. The molecule has 1 spiro atoms. The van der Waals surface area contributed by atoms with Gasteiger partial charge in [-0.1, -0.05) is 19.3 Å². The summed E-state index contributed by atoms with van der Waals surface area (Å²) in [5.74, 6) is 0.118. The number of morpholine rings is 1. The van der Waals surface area contributed by atoms with Crippen LogP contribution in [-0.4, -0.2) is 91.8 Å². The van der Waals surface area contributed by atoms with Gasteiger partial charge in [-0.15, -0.1) is 0 Å². The maximum absolute atomic E-state index is 12.8. The van der Waals surface area contributed by atoms with Crippen LogP contribution in [-0.2, 0) is 19.1 Å². The number of carbonyl (C=O) groups excluding carboxylic acids is 3. The molecule has 0 aromatic heterocycles. The number of amides is 4. The second kappa shape index (κ2) is 9.62. The van der Waals surface area contributed by atoms with Crippen LogP contribution >= 0.6 is 0 Å². The van der Waals surface area contributed by atoms with Crippen LogP contribution in [0.5, 0.6) is 0 Å². The van der Waals surface area contributed by atoms with E-state index in [0.717, 1.165) is 52.0 Å². The molecule has 9 heteroatoms. The van der Waals surface area contributed by atoms with E-state index in [4.69, 9.17) is 9.47 Å². The molecule has 0 aromatic carbocycles. The van der Waals surface area contributed by atoms with Gasteiger partial charge < -0.3 is 20.1 Å². The molecule has 3 saturated heterocycles. The van der Waals surface area contributed by atoms with Crippen molar-refractivity contribution in [2.75, 3.05) is 52.6 Å². The van der Waals surface area contributed by atoms with Gasteiger partial charge in [0.1, 0.15) is 5.54 Å². The summed E-state index contributed by atoms with van der Waals surface area (Å²) in [7, 11) is 0. The Morgan fingerprint density at radius 2 is 1.90 bits per heavy atom. The van der Waals surface area contributed by atoms with Crippen molar-refractivity contribution in [1.29, 1.82) is 0 Å². The summed E-state index contributed by atoms with van der Waals surface area (Å²) in [6, 6.07) is -0.133. The number of hydrogen-bond donors (Lipinski definition) is 2. The summed E-state index contributed by atoms with van der Waals surface area (Å²) in [4.78, 5) is 41.3. The number of imide groups is 1. The quantitative estimate of drug-likeness (QED) is 0.579. The van der Waals surface area contributed by atoms with Gasteiger partial charge in [-0.25, -0.2) is 4.79 Å². The molecule has 0 aromatic rings. The Labute approximate surface area is 177 Å². The molecule has 4 amide bonds. The molecule has 30 heavy (non-hydrogen) atoms. The second-order valence-corrected chi connectivity index (χ2v) is 8.92. The van der Waals surface area contributed by atoms with Crippen molar-refractivity contribution in [3.05, 3.63) is 0 Å². The Morgan fingerprint density at radius 1 is 1.13 bits per heavy atom. The first-order valence-electron chi connectivity index (χ1n) is 11.4. The number of rotatable bonds is 7. The van der Waals surface area contributed by atoms with E-state index in [0.29, 0.717) is 38.5 Å². The number of urea groups is 1. The predicted molar refractivity (Wildman–Crippen MR) is 109 cm³/mol. The molecular formula is C21H34N4O5. The molecule has 2 atom stereocenters. The van der Waals surface area contributed by atoms with Crippen molar-refractivity contribution in [3.63, 3.8) is 0 Å². The normalized spacial score (nSPS) is 28.0. The molecule has 168 valence electrons. The van der Waals surface area contributed by atoms with Crippen LogP contribution in [0.15, 0.2) is 0 Å². The topological polar surface area (TPSA) is 100 Å². The zero-order chi connectivity index (χ0) is 21.0. The SMILES string of the molecule is O=C(CCN1C(=O)NC2(CCCCC2)C1=O)NCC(C1CCOC1)N1CCOCC1. The molecular weight excluding hydrogens is 388 g/mol. The lowest BCUT2D eigenvalue weighted by atomic mass is 9.82. The molecule has 4 rings (SSSR count). The fourth-order valence-electron chi connectivity index (χ4n) is 5.25. The fourth-order valence-corrected chi connectivity index (χ4v) is 5.25. The molecule has 4 fully saturated rings. The van der Waals surface area contributed by atoms with E-state index < -0.39 is 5.54 Å². The molecule has 3 heterocycles. The van der Waals surface area contributed by atoms with E-state index in [1.165, 1.54) is 4.90 Å². The number of nitrogens with one attached hydrogen (secondary N) is 2. The Morgan fingerprint density at radius 3 is 2.60 bits per heavy atom. The minimum atomic E-state index is -0.726. The van der Waals surface area contributed by atoms with E-state index >= 15 is 0 Å². The largest absolute Gasteiger partial charge is 0.381 e. The van der Waals surface area contributed by atoms with E-state index in [-0.39, 0.29) is 36.9 Å². The minimum absolute atomic E-state index is 0.127. The molecule has 1 saturated carbocycles. The molecule has 4 aliphatic rings. The van der Waals surface area contributed by atoms with Gasteiger partial charge in [-0.3, -0.25) is 19.4 Å². The van der Waals surface area contributed by atoms with Crippen LogP contribution in [0.2, 0.25) is 0 Å². The van der Waals surface area contributed by atoms with Crippen molar-refractivity contribution < 1.29 is 23.9 Å². The van der Waals surface area contributed by atoms with Crippen LogP contribution in [0.3, 0.4) is 0 Å². The van der Waals surface area contributed by atoms with Crippen LogP contribution in [0.4, 0.5) is 4.79 Å². The first-order chi connectivity index (χ1) is 14.6. The highest BCUT2D eigenvalue weighted by molar-refractivity contribution is 6.07. The third kappa shape index (κ3) is 4.63. The molecule has 3 aliphatic heterocycles. The van der Waals surface area contributed by atoms with Crippen molar-refractivity contribution in [2.24, 2.45) is 5.92 Å². The Bertz CT molecular complexity index is 639. The number of nitrogens with zero attached hydrogens (tertiary/aromatic N) is 2. The lowest BCUT2D eigenvalue weighted by Crippen LogP contribution is -2.52.